The van der Waals surface area contributed by atoms with E-state index in [1.54, 1.807) is 17.1 Å². The maximum absolute atomic E-state index is 5.83. The van der Waals surface area contributed by atoms with Crippen LogP contribution in [0.2, 0.25) is 5.02 Å². The van der Waals surface area contributed by atoms with Crippen molar-refractivity contribution in [3.05, 3.63) is 47.2 Å². The van der Waals surface area contributed by atoms with E-state index in [0.29, 0.717) is 5.02 Å². The van der Waals surface area contributed by atoms with E-state index < -0.39 is 0 Å². The molecule has 0 aliphatic rings. The van der Waals surface area contributed by atoms with E-state index in [2.05, 4.69) is 17.2 Å². The third-order valence-electron chi connectivity index (χ3n) is 2.28. The lowest BCUT2D eigenvalue weighted by Crippen LogP contribution is -2.17. The van der Waals surface area contributed by atoms with Crippen molar-refractivity contribution in [1.82, 2.24) is 9.78 Å². The van der Waals surface area contributed by atoms with E-state index in [1.807, 2.05) is 19.1 Å². The molecule has 1 heterocycles. The van der Waals surface area contributed by atoms with Crippen LogP contribution in [0.25, 0.3) is 5.69 Å². The second-order valence-corrected chi connectivity index (χ2v) is 4.39. The summed E-state index contributed by atoms with van der Waals surface area (Å²) in [6.07, 6.45) is 4.27. The molecule has 0 aliphatic heterocycles. The third kappa shape index (κ3) is 2.62. The molecule has 2 N–H and O–H groups in total. The van der Waals surface area contributed by atoms with E-state index in [-0.39, 0.29) is 6.04 Å². The molecule has 3 nitrogen and oxygen atoms in total. The van der Waals surface area contributed by atoms with Gasteiger partial charge in [-0.3, -0.25) is 0 Å². The Balaban J connectivity index is 2.28. The monoisotopic (exact) mass is 235 g/mol. The van der Waals surface area contributed by atoms with Crippen molar-refractivity contribution in [2.24, 2.45) is 5.73 Å². The average molecular weight is 236 g/mol. The first-order chi connectivity index (χ1) is 7.65. The zero-order valence-corrected chi connectivity index (χ0v) is 9.85. The molecular formula is C12H14ClN3. The molecule has 1 aromatic heterocycles. The minimum Gasteiger partial charge on any atom is -0.328 e. The van der Waals surface area contributed by atoms with Crippen molar-refractivity contribution in [2.45, 2.75) is 19.4 Å². The van der Waals surface area contributed by atoms with Crippen molar-refractivity contribution in [3.8, 4) is 5.69 Å². The van der Waals surface area contributed by atoms with E-state index in [9.17, 15) is 0 Å². The van der Waals surface area contributed by atoms with Gasteiger partial charge in [0.2, 0.25) is 0 Å². The molecule has 1 aromatic carbocycles. The molecule has 0 saturated carbocycles. The van der Waals surface area contributed by atoms with Gasteiger partial charge in [0.05, 0.1) is 16.9 Å². The van der Waals surface area contributed by atoms with Gasteiger partial charge in [0, 0.05) is 12.2 Å². The van der Waals surface area contributed by atoms with Crippen molar-refractivity contribution in [1.29, 1.82) is 0 Å². The van der Waals surface area contributed by atoms with Gasteiger partial charge in [-0.1, -0.05) is 23.7 Å². The molecule has 0 saturated heterocycles. The smallest absolute Gasteiger partial charge is 0.0790 e. The summed E-state index contributed by atoms with van der Waals surface area (Å²) in [5, 5.41) is 4.80. The molecule has 0 bridgehead atoms. The highest BCUT2D eigenvalue weighted by Crippen LogP contribution is 2.14. The van der Waals surface area contributed by atoms with Crippen LogP contribution in [0.3, 0.4) is 0 Å². The standard InChI is InChI=1S/C12H14ClN3/c1-9(14)5-10-3-2-4-12(6-10)16-8-11(13)7-15-16/h2-4,6-9H,5,14H2,1H3. The normalized spacial score (nSPS) is 12.7. The summed E-state index contributed by atoms with van der Waals surface area (Å²) in [4.78, 5) is 0. The first-order valence-electron chi connectivity index (χ1n) is 5.20. The number of rotatable bonds is 3. The van der Waals surface area contributed by atoms with Crippen molar-refractivity contribution in [3.63, 3.8) is 0 Å². The topological polar surface area (TPSA) is 43.8 Å². The lowest BCUT2D eigenvalue weighted by atomic mass is 10.1. The molecule has 2 rings (SSSR count). The highest BCUT2D eigenvalue weighted by Gasteiger charge is 2.02. The van der Waals surface area contributed by atoms with Crippen LogP contribution in [0.1, 0.15) is 12.5 Å². The van der Waals surface area contributed by atoms with E-state index in [4.69, 9.17) is 17.3 Å². The predicted octanol–water partition coefficient (Wildman–Crippen LogP) is 2.42. The highest BCUT2D eigenvalue weighted by molar-refractivity contribution is 6.30. The summed E-state index contributed by atoms with van der Waals surface area (Å²) >= 11 is 5.83. The molecule has 4 heteroatoms. The molecule has 0 radical (unpaired) electrons. The molecule has 2 aromatic rings. The van der Waals surface area contributed by atoms with Gasteiger partial charge in [0.1, 0.15) is 0 Å². The summed E-state index contributed by atoms with van der Waals surface area (Å²) < 4.78 is 1.76. The van der Waals surface area contributed by atoms with Crippen LogP contribution in [0.4, 0.5) is 0 Å². The fraction of sp³-hybridized carbons (Fsp3) is 0.250. The van der Waals surface area contributed by atoms with Crippen molar-refractivity contribution >= 4 is 11.6 Å². The highest BCUT2D eigenvalue weighted by atomic mass is 35.5. The van der Waals surface area contributed by atoms with Gasteiger partial charge in [-0.25, -0.2) is 4.68 Å². The molecule has 0 aliphatic carbocycles. The van der Waals surface area contributed by atoms with Crippen molar-refractivity contribution in [2.75, 3.05) is 0 Å². The number of hydrogen-bond acceptors (Lipinski definition) is 2. The zero-order chi connectivity index (χ0) is 11.5. The maximum atomic E-state index is 5.83. The molecule has 1 unspecified atom stereocenters. The minimum atomic E-state index is 0.163. The van der Waals surface area contributed by atoms with Crippen LogP contribution in [0, 0.1) is 0 Å². The minimum absolute atomic E-state index is 0.163. The van der Waals surface area contributed by atoms with E-state index in [0.717, 1.165) is 12.1 Å². The van der Waals surface area contributed by atoms with Gasteiger partial charge >= 0.3 is 0 Å². The van der Waals surface area contributed by atoms with E-state index >= 15 is 0 Å². The van der Waals surface area contributed by atoms with Gasteiger partial charge in [0.15, 0.2) is 0 Å². The van der Waals surface area contributed by atoms with Gasteiger partial charge in [0.25, 0.3) is 0 Å². The first-order valence-corrected chi connectivity index (χ1v) is 5.58. The third-order valence-corrected chi connectivity index (χ3v) is 2.48. The average Bonchev–Trinajstić information content (AvgIpc) is 2.64. The summed E-state index contributed by atoms with van der Waals surface area (Å²) in [5.74, 6) is 0. The van der Waals surface area contributed by atoms with Gasteiger partial charge in [-0.05, 0) is 31.0 Å². The molecule has 1 atom stereocenters. The number of benzene rings is 1. The summed E-state index contributed by atoms with van der Waals surface area (Å²) in [7, 11) is 0. The number of nitrogens with two attached hydrogens (primary N) is 1. The van der Waals surface area contributed by atoms with Gasteiger partial charge < -0.3 is 5.73 Å². The molecule has 0 amide bonds. The van der Waals surface area contributed by atoms with Crippen molar-refractivity contribution < 1.29 is 0 Å². The Morgan fingerprint density at radius 1 is 1.50 bits per heavy atom. The molecular weight excluding hydrogens is 222 g/mol. The Bertz CT molecular complexity index is 477. The van der Waals surface area contributed by atoms with Crippen LogP contribution < -0.4 is 5.73 Å². The lowest BCUT2D eigenvalue weighted by molar-refractivity contribution is 0.736. The van der Waals surface area contributed by atoms with Crippen LogP contribution >= 0.6 is 11.6 Å². The second kappa shape index (κ2) is 4.68. The summed E-state index contributed by atoms with van der Waals surface area (Å²) in [5.41, 5.74) is 7.99. The number of hydrogen-bond donors (Lipinski definition) is 1. The SMILES string of the molecule is CC(N)Cc1cccc(-n2cc(Cl)cn2)c1. The molecule has 84 valence electrons. The van der Waals surface area contributed by atoms with E-state index in [1.165, 1.54) is 5.56 Å². The Labute approximate surface area is 99.8 Å². The first kappa shape index (κ1) is 11.2. The fourth-order valence-electron chi connectivity index (χ4n) is 1.64. The quantitative estimate of drug-likeness (QED) is 0.888. The number of halogens is 1. The Hall–Kier alpha value is -1.32. The van der Waals surface area contributed by atoms with Crippen LogP contribution in [-0.4, -0.2) is 15.8 Å². The Kier molecular flexibility index (Phi) is 3.27. The Morgan fingerprint density at radius 3 is 2.94 bits per heavy atom. The van der Waals surface area contributed by atoms with Crippen LogP contribution in [0.5, 0.6) is 0 Å². The largest absolute Gasteiger partial charge is 0.328 e. The predicted molar refractivity (Wildman–Crippen MR) is 65.9 cm³/mol. The molecule has 0 spiro atoms. The fourth-order valence-corrected chi connectivity index (χ4v) is 1.78. The summed E-state index contributed by atoms with van der Waals surface area (Å²) in [6, 6.07) is 8.30. The summed E-state index contributed by atoms with van der Waals surface area (Å²) in [6.45, 7) is 2.00. The second-order valence-electron chi connectivity index (χ2n) is 3.95. The van der Waals surface area contributed by atoms with Crippen LogP contribution in [0.15, 0.2) is 36.7 Å². The van der Waals surface area contributed by atoms with Gasteiger partial charge in [-0.15, -0.1) is 0 Å². The maximum Gasteiger partial charge on any atom is 0.0790 e. The number of aromatic nitrogens is 2. The van der Waals surface area contributed by atoms with Crippen LogP contribution in [-0.2, 0) is 6.42 Å². The molecule has 16 heavy (non-hydrogen) atoms. The zero-order valence-electron chi connectivity index (χ0n) is 9.10. The van der Waals surface area contributed by atoms with Gasteiger partial charge in [-0.2, -0.15) is 5.10 Å². The molecule has 0 fully saturated rings. The Morgan fingerprint density at radius 2 is 2.31 bits per heavy atom. The lowest BCUT2D eigenvalue weighted by Gasteiger charge is -2.07. The number of nitrogens with zero attached hydrogens (tertiary/aromatic N) is 2.